The van der Waals surface area contributed by atoms with Gasteiger partial charge in [0.25, 0.3) is 31.6 Å². The number of piperazine rings is 2. The van der Waals surface area contributed by atoms with Gasteiger partial charge >= 0.3 is 5.51 Å². The van der Waals surface area contributed by atoms with E-state index in [-0.39, 0.29) is 84.8 Å². The molecule has 4 N–H and O–H groups in total. The maximum absolute atomic E-state index is 14.6. The highest BCUT2D eigenvalue weighted by atomic mass is 35.5. The van der Waals surface area contributed by atoms with Crippen LogP contribution in [0.2, 0.25) is 5.02 Å². The number of benzene rings is 5. The Balaban J connectivity index is 0.579. The lowest BCUT2D eigenvalue weighted by Crippen LogP contribution is -2.49. The molecule has 6 atom stereocenters. The van der Waals surface area contributed by atoms with Gasteiger partial charge in [-0.3, -0.25) is 29.0 Å². The van der Waals surface area contributed by atoms with Crippen LogP contribution in [-0.4, -0.2) is 182 Å². The van der Waals surface area contributed by atoms with Crippen LogP contribution >= 0.6 is 34.7 Å². The third kappa shape index (κ3) is 18.0. The van der Waals surface area contributed by atoms with E-state index in [4.69, 9.17) is 25.6 Å². The molecule has 7 heterocycles. The Labute approximate surface area is 634 Å². The Morgan fingerprint density at radius 3 is 2.36 bits per heavy atom. The molecule has 5 aliphatic heterocycles. The molecule has 30 heteroatoms. The van der Waals surface area contributed by atoms with Gasteiger partial charge < -0.3 is 44.4 Å². The van der Waals surface area contributed by atoms with E-state index in [0.717, 1.165) is 83.3 Å². The van der Waals surface area contributed by atoms with Crippen LogP contribution in [0.5, 0.6) is 11.6 Å². The summed E-state index contributed by atoms with van der Waals surface area (Å²) in [6.45, 7) is 14.3. The average molecular weight is 1570 g/mol. The molecule has 570 valence electrons. The number of aliphatic hydroxyl groups excluding tert-OH is 1. The number of hydrogen-bond donors (Lipinski definition) is 4. The summed E-state index contributed by atoms with van der Waals surface area (Å²) in [5.74, 6) is -1.61. The normalized spacial score (nSPS) is 20.2. The molecule has 2 bridgehead atoms. The van der Waals surface area contributed by atoms with Gasteiger partial charge in [0.05, 0.1) is 39.4 Å². The molecule has 0 saturated carbocycles. The van der Waals surface area contributed by atoms with Crippen molar-refractivity contribution in [3.05, 3.63) is 166 Å². The molecule has 107 heavy (non-hydrogen) atoms. The Hall–Kier alpha value is -8.03. The number of halogens is 4. The zero-order valence-corrected chi connectivity index (χ0v) is 64.0. The number of alkyl halides is 3. The number of nitrogens with zero attached hydrogens (tertiary/aromatic N) is 7. The van der Waals surface area contributed by atoms with Crippen molar-refractivity contribution in [2.45, 2.75) is 155 Å². The van der Waals surface area contributed by atoms with Crippen LogP contribution in [0.25, 0.3) is 16.0 Å². The predicted molar refractivity (Wildman–Crippen MR) is 403 cm³/mol. The minimum absolute atomic E-state index is 0.00858. The summed E-state index contributed by atoms with van der Waals surface area (Å²) in [6, 6.07) is 31.7. The van der Waals surface area contributed by atoms with Gasteiger partial charge in [-0.25, -0.2) is 26.5 Å². The molecule has 5 aromatic carbocycles. The molecule has 6 aliphatic rings. The highest BCUT2D eigenvalue weighted by Crippen LogP contribution is 2.45. The first kappa shape index (κ1) is 77.1. The lowest BCUT2D eigenvalue weighted by molar-refractivity contribution is -0.141. The second-order valence-electron chi connectivity index (χ2n) is 29.6. The van der Waals surface area contributed by atoms with Gasteiger partial charge in [-0.15, -0.1) is 23.1 Å². The van der Waals surface area contributed by atoms with Gasteiger partial charge in [-0.1, -0.05) is 81.3 Å². The van der Waals surface area contributed by atoms with E-state index in [2.05, 4.69) is 61.5 Å². The number of carbonyl (C=O) groups excluding carboxylic acids is 4. The van der Waals surface area contributed by atoms with Crippen molar-refractivity contribution >= 4 is 95.1 Å². The van der Waals surface area contributed by atoms with Crippen LogP contribution < -0.4 is 29.7 Å². The van der Waals surface area contributed by atoms with Gasteiger partial charge in [-0.2, -0.15) is 13.2 Å². The molecule has 4 saturated heterocycles. The number of aliphatic hydroxyl groups is 1. The fourth-order valence-electron chi connectivity index (χ4n) is 15.4. The van der Waals surface area contributed by atoms with Crippen molar-refractivity contribution in [1.29, 1.82) is 0 Å². The largest absolute Gasteiger partial charge is 0.501 e. The number of carbonyl (C=O) groups is 4. The minimum atomic E-state index is -6.18. The van der Waals surface area contributed by atoms with Crippen molar-refractivity contribution in [2.75, 3.05) is 81.5 Å². The second kappa shape index (κ2) is 32.7. The van der Waals surface area contributed by atoms with Crippen LogP contribution in [-0.2, 0) is 47.4 Å². The molecule has 1 aliphatic carbocycles. The number of sulfonamides is 1. The van der Waals surface area contributed by atoms with Crippen LogP contribution in [0.15, 0.2) is 152 Å². The van der Waals surface area contributed by atoms with Crippen LogP contribution in [0.3, 0.4) is 0 Å². The number of amides is 4. The SMILES string of the molecule is CC(C)[C@@H](C(=O)N1C[C@H](O)C[C@H]1C(=O)NCc1ccc2c(c1)OCc1ncsc1-2)c1cc(OCCCCC(=O)N2C[C@H]3C[C@@H]2CN3CC[C@H](CSc2ccccc2)Nc2ccc(S(=O)(=O)NC(=O)c3ccc(N4CCN(CC5=C(c6ccc(Cl)cc6)CCC(C)(C)C5)CC4)cc3)cc2S(=O)(=O)C(F)(F)F)no1. The highest BCUT2D eigenvalue weighted by molar-refractivity contribution is 7.99. The van der Waals surface area contributed by atoms with E-state index in [1.807, 2.05) is 84.1 Å². The number of hydrogen-bond acceptors (Lipinski definition) is 20. The van der Waals surface area contributed by atoms with Crippen LogP contribution in [0.4, 0.5) is 24.5 Å². The third-order valence-electron chi connectivity index (χ3n) is 21.1. The molecule has 0 unspecified atom stereocenters. The maximum Gasteiger partial charge on any atom is 0.501 e. The van der Waals surface area contributed by atoms with Crippen molar-refractivity contribution in [1.82, 2.24) is 39.8 Å². The zero-order valence-electron chi connectivity index (χ0n) is 59.9. The summed E-state index contributed by atoms with van der Waals surface area (Å²) >= 11 is 9.18. The monoisotopic (exact) mass is 1560 g/mol. The molecule has 7 aromatic rings. The Morgan fingerprint density at radius 2 is 1.64 bits per heavy atom. The Bertz CT molecular complexity index is 4650. The summed E-state index contributed by atoms with van der Waals surface area (Å²) < 4.78 is 118. The fraction of sp³-hybridized carbons (Fsp3) is 0.455. The number of anilines is 2. The molecule has 0 radical (unpaired) electrons. The summed E-state index contributed by atoms with van der Waals surface area (Å²) in [5, 5.41) is 21.5. The van der Waals surface area contributed by atoms with E-state index >= 15 is 0 Å². The van der Waals surface area contributed by atoms with Gasteiger partial charge in [0.15, 0.2) is 5.76 Å². The number of sulfone groups is 1. The highest BCUT2D eigenvalue weighted by Gasteiger charge is 2.50. The number of thioether (sulfide) groups is 1. The average Bonchev–Trinajstić information content (AvgIpc) is 0.927. The van der Waals surface area contributed by atoms with Crippen LogP contribution in [0, 0.1) is 11.3 Å². The van der Waals surface area contributed by atoms with Crippen molar-refractivity contribution < 1.29 is 68.3 Å². The zero-order chi connectivity index (χ0) is 75.5. The van der Waals surface area contributed by atoms with Gasteiger partial charge in [0.1, 0.15) is 29.2 Å². The number of allylic oxidation sites excluding steroid dienone is 1. The first-order valence-electron chi connectivity index (χ1n) is 36.2. The standard InChI is InChI=1S/C77H88ClF3N10O12S4/c1-48(2)71(75(96)91-44-58(92)36-65(91)74(95)82-40-49-13-23-62-66(34-49)102-45-64-72(62)105-47-83-64)67-38-69(85-103-67)101-33-9-8-12-70(93)90-43-56-35-57(90)42-89(56)28-26-54(46-104-59-10-6-5-7-11-59)84-63-24-22-60(37-68(63)106(97,98)77(79,80)81)107(99,100)86-73(94)51-16-20-55(21-17-51)88-31-29-87(30-32-88)41-52-39-76(3,4)27-25-61(52)50-14-18-53(78)19-15-50/h5-7,10-11,13-24,34,37-38,47-48,54,56-58,65,71,84,92H,8-9,12,25-33,35-36,39-46H2,1-4H3,(H,82,95)(H,86,94)/t54-,56-,57-,58-,65+,71-/m1/s1. The quantitative estimate of drug-likeness (QED) is 0.0262. The molecular weight excluding hydrogens is 1480 g/mol. The summed E-state index contributed by atoms with van der Waals surface area (Å²) in [7, 11) is -11.1. The van der Waals surface area contributed by atoms with Crippen molar-refractivity contribution in [3.8, 4) is 22.1 Å². The molecular formula is C77H88ClF3N10O12S4. The lowest BCUT2D eigenvalue weighted by Gasteiger charge is -2.39. The van der Waals surface area contributed by atoms with E-state index in [9.17, 15) is 54.3 Å². The number of likely N-dealkylation sites (tertiary alicyclic amines) is 3. The molecule has 22 nitrogen and oxygen atoms in total. The number of aromatic nitrogens is 2. The number of thiazole rings is 1. The second-order valence-corrected chi connectivity index (χ2v) is 35.6. The van der Waals surface area contributed by atoms with Gasteiger partial charge in [0.2, 0.25) is 17.7 Å². The molecule has 4 fully saturated rings. The van der Waals surface area contributed by atoms with Crippen LogP contribution in [0.1, 0.15) is 124 Å². The summed E-state index contributed by atoms with van der Waals surface area (Å²) in [4.78, 5) is 69.6. The molecule has 0 spiro atoms. The fourth-order valence-corrected chi connectivity index (χ4v) is 19.4. The number of β-amino-alcohol motifs (C(OH)–C–C–N with tert-alkyl or cyclic N) is 1. The Morgan fingerprint density at radius 1 is 0.869 bits per heavy atom. The number of fused-ring (bicyclic) bond motifs is 5. The van der Waals surface area contributed by atoms with E-state index < -0.39 is 82.7 Å². The topological polar surface area (TPSA) is 266 Å². The van der Waals surface area contributed by atoms with E-state index in [1.165, 1.54) is 45.5 Å². The Kier molecular flexibility index (Phi) is 23.5. The number of ether oxygens (including phenoxy) is 2. The molecule has 4 amide bonds. The lowest BCUT2D eigenvalue weighted by atomic mass is 9.73. The first-order valence-corrected chi connectivity index (χ1v) is 41.4. The minimum Gasteiger partial charge on any atom is -0.487 e. The predicted octanol–water partition coefficient (Wildman–Crippen LogP) is 12.1. The summed E-state index contributed by atoms with van der Waals surface area (Å²) in [5.41, 5.74) is 3.10. The summed E-state index contributed by atoms with van der Waals surface area (Å²) in [6.07, 6.45) is 4.54. The first-order chi connectivity index (χ1) is 51.1. The number of rotatable bonds is 28. The molecule has 2 aromatic heterocycles. The number of nitrogens with one attached hydrogen (secondary N) is 3. The molecule has 13 rings (SSSR count). The van der Waals surface area contributed by atoms with Gasteiger partial charge in [-0.05, 0) is 157 Å². The maximum atomic E-state index is 14.6. The van der Waals surface area contributed by atoms with Crippen molar-refractivity contribution in [2.24, 2.45) is 11.3 Å². The van der Waals surface area contributed by atoms with E-state index in [0.29, 0.717) is 81.9 Å². The number of unbranched alkanes of at least 4 members (excludes halogenated alkanes) is 1. The smallest absolute Gasteiger partial charge is 0.487 e. The van der Waals surface area contributed by atoms with Crippen molar-refractivity contribution in [3.63, 3.8) is 0 Å². The van der Waals surface area contributed by atoms with E-state index in [1.54, 1.807) is 35.0 Å². The third-order valence-corrected chi connectivity index (χ3v) is 26.3. The van der Waals surface area contributed by atoms with Gasteiger partial charge in [0, 0.05) is 135 Å².